The minimum absolute atomic E-state index is 0. The maximum absolute atomic E-state index is 8.42. The molecule has 0 aliphatic heterocycles. The Morgan fingerprint density at radius 3 is 0.538 bits per heavy atom. The summed E-state index contributed by atoms with van der Waals surface area (Å²) < 4.78 is 0. The molecule has 0 aromatic carbocycles. The molecule has 13 heavy (non-hydrogen) atoms. The van der Waals surface area contributed by atoms with Crippen molar-refractivity contribution in [3.63, 3.8) is 0 Å². The van der Waals surface area contributed by atoms with Crippen molar-refractivity contribution in [2.45, 2.75) is 0 Å². The van der Waals surface area contributed by atoms with Gasteiger partial charge >= 0.3 is 72.5 Å². The third kappa shape index (κ3) is 457. The van der Waals surface area contributed by atoms with Crippen molar-refractivity contribution in [2.75, 3.05) is 0 Å². The molecule has 0 unspecified atom stereocenters. The van der Waals surface area contributed by atoms with Gasteiger partial charge in [0.2, 0.25) is 0 Å². The summed E-state index contributed by atoms with van der Waals surface area (Å²) in [5, 5.41) is 50.5. The molecular weight excluding hydrogens is 244 g/mol. The van der Waals surface area contributed by atoms with Crippen LogP contribution >= 0.6 is 0 Å². The second-order valence-corrected chi connectivity index (χ2v) is 0.577. The normalized spacial score (nSPS) is 4.15. The van der Waals surface area contributed by atoms with Crippen LogP contribution < -0.4 is 30.1 Å². The predicted octanol–water partition coefficient (Wildman–Crippen LogP) is -9.28. The summed E-state index contributed by atoms with van der Waals surface area (Å²) in [5.74, 6) is 0. The number of hydrogen-bond donors (Lipinski definition) is 0. The van der Waals surface area contributed by atoms with Gasteiger partial charge in [-0.1, -0.05) is 0 Å². The van der Waals surface area contributed by atoms with Crippen molar-refractivity contribution in [3.05, 3.63) is 0 Å². The zero-order valence-electron chi connectivity index (χ0n) is 6.28. The van der Waals surface area contributed by atoms with Crippen molar-refractivity contribution in [3.8, 4) is 0 Å². The van der Waals surface area contributed by atoms with Gasteiger partial charge in [0.05, 0.1) is 0 Å². The smallest absolute Gasteiger partial charge is 1.00 e. The molecule has 0 aliphatic carbocycles. The second kappa shape index (κ2) is 36.9. The molecule has 8 nitrogen and oxygen atoms in total. The maximum Gasteiger partial charge on any atom is 3.00 e. The van der Waals surface area contributed by atoms with E-state index in [1.54, 1.807) is 0 Å². The van der Waals surface area contributed by atoms with Crippen LogP contribution in [0.25, 0.3) is 0 Å². The molecule has 0 aromatic heterocycles. The summed E-state index contributed by atoms with van der Waals surface area (Å²) in [4.78, 5) is 0. The summed E-state index contributed by atoms with van der Waals surface area (Å²) in [5.41, 5.74) is 0. The zero-order chi connectivity index (χ0) is 7.15. The van der Waals surface area contributed by atoms with Gasteiger partial charge in [-0.05, 0) is 0 Å². The van der Waals surface area contributed by atoms with Gasteiger partial charge in [-0.3, -0.25) is 14.6 Å². The molecule has 13 heteroatoms. The van der Waals surface area contributed by atoms with Crippen molar-refractivity contribution >= 4 is 87.1 Å². The van der Waals surface area contributed by atoms with Crippen LogP contribution in [0.3, 0.4) is 0 Å². The molecule has 0 rings (SSSR count). The van der Waals surface area contributed by atoms with E-state index >= 15 is 0 Å². The van der Waals surface area contributed by atoms with Crippen LogP contribution in [0.2, 0.25) is 0 Å². The first-order valence-electron chi connectivity index (χ1n) is 1.41. The Morgan fingerprint density at radius 2 is 0.538 bits per heavy atom. The maximum atomic E-state index is 8.42. The molecule has 0 amide bonds. The van der Waals surface area contributed by atoms with Gasteiger partial charge in [0.15, 0.2) is 0 Å². The Balaban J connectivity index is -0.00000000800. The Hall–Kier alpha value is 2.13. The summed E-state index contributed by atoms with van der Waals surface area (Å²) in [6.07, 6.45) is 0. The second-order valence-electron chi connectivity index (χ2n) is 0.577. The van der Waals surface area contributed by atoms with E-state index in [4.69, 9.17) is 30.1 Å². The molecule has 62 valence electrons. The fourth-order valence-electron chi connectivity index (χ4n) is 0. The van der Waals surface area contributed by atoms with Crippen molar-refractivity contribution in [1.29, 1.82) is 0 Å². The molecule has 0 saturated carbocycles. The van der Waals surface area contributed by atoms with Gasteiger partial charge in [-0.2, -0.15) is 0 Å². The summed E-state index contributed by atoms with van der Waals surface area (Å²) in [6, 6.07) is 0. The number of hydrogen-bond acceptors (Lipinski definition) is 8. The van der Waals surface area contributed by atoms with Crippen LogP contribution in [0, 0.1) is 0 Å². The molecule has 0 fully saturated rings. The predicted molar refractivity (Wildman–Crippen MR) is 30.1 cm³/mol. The third-order valence-electron chi connectivity index (χ3n) is 0. The van der Waals surface area contributed by atoms with Crippen LogP contribution in [0.15, 0.2) is 0 Å². The monoisotopic (exact) mass is 244 g/mol. The standard InChI is InChI=1S/2Al.2BO3.Ca.2O/c;;2*2-1(3)4;;;/q2*+3;2*-3;+2;2*-1. The van der Waals surface area contributed by atoms with E-state index in [1.165, 1.54) is 0 Å². The molecule has 0 bridgehead atoms. The van der Waals surface area contributed by atoms with Crippen LogP contribution in [-0.4, -0.2) is 87.1 Å². The average molecular weight is 244 g/mol. The molecule has 0 heterocycles. The molecule has 0 atom stereocenters. The SMILES string of the molecule is [Al+3].[Al+3].[Ca+2].[O-].[O-].[O-]B([O-])[O-].[O-]B([O-])[O-]. The molecule has 0 saturated heterocycles. The minimum Gasteiger partial charge on any atom is -1.00 e. The van der Waals surface area contributed by atoms with Crippen molar-refractivity contribution < 1.29 is 41.1 Å². The molecular formula is Al2B2CaO8. The van der Waals surface area contributed by atoms with Crippen LogP contribution in [-0.2, 0) is 11.0 Å². The molecule has 0 spiro atoms. The Kier molecular flexibility index (Phi) is 130. The van der Waals surface area contributed by atoms with E-state index in [1.807, 2.05) is 0 Å². The fraction of sp³-hybridized carbons (Fsp3) is 0. The first-order chi connectivity index (χ1) is 3.46. The van der Waals surface area contributed by atoms with Crippen LogP contribution in [0.1, 0.15) is 0 Å². The van der Waals surface area contributed by atoms with Crippen molar-refractivity contribution in [1.82, 2.24) is 0 Å². The van der Waals surface area contributed by atoms with E-state index < -0.39 is 14.6 Å². The molecule has 0 aliphatic rings. The van der Waals surface area contributed by atoms with Gasteiger partial charge in [-0.25, -0.2) is 0 Å². The summed E-state index contributed by atoms with van der Waals surface area (Å²) in [6.45, 7) is 0. The molecule has 0 aromatic rings. The fourth-order valence-corrected chi connectivity index (χ4v) is 0. The van der Waals surface area contributed by atoms with Crippen LogP contribution in [0.4, 0.5) is 0 Å². The number of rotatable bonds is 0. The van der Waals surface area contributed by atoms with Crippen molar-refractivity contribution in [2.24, 2.45) is 0 Å². The third-order valence-corrected chi connectivity index (χ3v) is 0. The van der Waals surface area contributed by atoms with E-state index in [0.717, 1.165) is 0 Å². The topological polar surface area (TPSA) is 195 Å². The Bertz CT molecular complexity index is 35.6. The summed E-state index contributed by atoms with van der Waals surface area (Å²) in [7, 11) is -5.83. The first kappa shape index (κ1) is 45.7. The minimum atomic E-state index is -2.92. The van der Waals surface area contributed by atoms with E-state index in [9.17, 15) is 0 Å². The van der Waals surface area contributed by atoms with Crippen LogP contribution in [0.5, 0.6) is 0 Å². The van der Waals surface area contributed by atoms with Gasteiger partial charge in [0.25, 0.3) is 0 Å². The van der Waals surface area contributed by atoms with E-state index in [2.05, 4.69) is 0 Å². The summed E-state index contributed by atoms with van der Waals surface area (Å²) >= 11 is 0. The quantitative estimate of drug-likeness (QED) is 0.378. The zero-order valence-corrected chi connectivity index (χ0v) is 10.8. The Morgan fingerprint density at radius 1 is 0.538 bits per heavy atom. The van der Waals surface area contributed by atoms with Gasteiger partial charge in [0.1, 0.15) is 0 Å². The molecule has 2 radical (unpaired) electrons. The van der Waals surface area contributed by atoms with E-state index in [0.29, 0.717) is 0 Å². The largest absolute Gasteiger partial charge is 3.00 e. The first-order valence-corrected chi connectivity index (χ1v) is 1.41. The van der Waals surface area contributed by atoms with Gasteiger partial charge in [0, 0.05) is 0 Å². The molecule has 0 N–H and O–H groups in total. The van der Waals surface area contributed by atoms with Gasteiger partial charge in [-0.15, -0.1) is 0 Å². The van der Waals surface area contributed by atoms with E-state index in [-0.39, 0.29) is 83.4 Å². The van der Waals surface area contributed by atoms with Gasteiger partial charge < -0.3 is 41.1 Å². The Labute approximate surface area is 127 Å². The average Bonchev–Trinajstić information content (AvgIpc) is 1.25.